The van der Waals surface area contributed by atoms with Crippen molar-refractivity contribution in [3.63, 3.8) is 0 Å². The zero-order chi connectivity index (χ0) is 23.8. The second-order valence-electron chi connectivity index (χ2n) is 9.80. The Bertz CT molecular complexity index is 1200. The van der Waals surface area contributed by atoms with Gasteiger partial charge in [0.05, 0.1) is 11.9 Å². The number of rotatable bonds is 4. The third-order valence-corrected chi connectivity index (χ3v) is 7.23. The van der Waals surface area contributed by atoms with Crippen LogP contribution in [0.3, 0.4) is 0 Å². The molecule has 0 bridgehead atoms. The average Bonchev–Trinajstić information content (AvgIpc) is 2.84. The molecule has 176 valence electrons. The first-order valence-corrected chi connectivity index (χ1v) is 12.2. The zero-order valence-electron chi connectivity index (χ0n) is 20.4. The summed E-state index contributed by atoms with van der Waals surface area (Å²) in [5, 5.41) is 3.32. The molecule has 3 aromatic rings. The Morgan fingerprint density at radius 3 is 2.62 bits per heavy atom. The standard InChI is InChI=1S/C28H34N6/c1-18(2)26-17-34(14-13-33(26)4)23-8-5-20(6-9-23)25-16-31-28(29)27(32-25)22-7-10-24-19(3)30-12-11-21(24)15-22/h5-10,15-16,18,26,30H,3,11-14,17H2,1-2,4H3,(H2,29,31). The normalized spacial score (nSPS) is 18.6. The quantitative estimate of drug-likeness (QED) is 0.613. The predicted molar refractivity (Wildman–Crippen MR) is 142 cm³/mol. The zero-order valence-corrected chi connectivity index (χ0v) is 20.4. The van der Waals surface area contributed by atoms with Gasteiger partial charge < -0.3 is 16.0 Å². The number of likely N-dealkylation sites (N-methyl/N-ethyl adjacent to an activating group) is 1. The number of aromatic nitrogens is 2. The number of nitrogens with one attached hydrogen (secondary N) is 1. The first-order valence-electron chi connectivity index (χ1n) is 12.2. The van der Waals surface area contributed by atoms with Crippen molar-refractivity contribution in [3.8, 4) is 22.5 Å². The van der Waals surface area contributed by atoms with Crippen LogP contribution in [0.5, 0.6) is 0 Å². The van der Waals surface area contributed by atoms with Crippen molar-refractivity contribution in [2.24, 2.45) is 5.92 Å². The summed E-state index contributed by atoms with van der Waals surface area (Å²) >= 11 is 0. The number of nitrogen functional groups attached to an aromatic ring is 1. The number of anilines is 2. The molecule has 2 aliphatic rings. The molecule has 1 fully saturated rings. The molecule has 2 aromatic carbocycles. The van der Waals surface area contributed by atoms with Crippen LogP contribution in [0.25, 0.3) is 28.2 Å². The molecule has 1 unspecified atom stereocenters. The molecule has 6 nitrogen and oxygen atoms in total. The van der Waals surface area contributed by atoms with Crippen molar-refractivity contribution in [2.45, 2.75) is 26.3 Å². The van der Waals surface area contributed by atoms with Crippen LogP contribution in [0.4, 0.5) is 11.5 Å². The van der Waals surface area contributed by atoms with E-state index in [0.717, 1.165) is 66.4 Å². The van der Waals surface area contributed by atoms with Crippen molar-refractivity contribution >= 4 is 17.2 Å². The van der Waals surface area contributed by atoms with E-state index >= 15 is 0 Å². The van der Waals surface area contributed by atoms with Crippen LogP contribution >= 0.6 is 0 Å². The van der Waals surface area contributed by atoms with E-state index in [-0.39, 0.29) is 0 Å². The molecule has 0 saturated carbocycles. The van der Waals surface area contributed by atoms with Crippen LogP contribution < -0.4 is 16.0 Å². The fourth-order valence-corrected chi connectivity index (χ4v) is 5.13. The number of benzene rings is 2. The van der Waals surface area contributed by atoms with E-state index in [0.29, 0.717) is 17.8 Å². The molecule has 6 heteroatoms. The molecule has 34 heavy (non-hydrogen) atoms. The highest BCUT2D eigenvalue weighted by Gasteiger charge is 2.26. The maximum absolute atomic E-state index is 6.26. The van der Waals surface area contributed by atoms with Crippen molar-refractivity contribution in [3.05, 3.63) is 66.4 Å². The molecule has 3 N–H and O–H groups in total. The number of fused-ring (bicyclic) bond motifs is 1. The molecule has 1 aromatic heterocycles. The van der Waals surface area contributed by atoms with Crippen molar-refractivity contribution < 1.29 is 0 Å². The minimum absolute atomic E-state index is 0.449. The fraction of sp³-hybridized carbons (Fsp3) is 0.357. The Morgan fingerprint density at radius 1 is 1.09 bits per heavy atom. The van der Waals surface area contributed by atoms with Crippen LogP contribution in [0.15, 0.2) is 55.2 Å². The second kappa shape index (κ2) is 9.11. The van der Waals surface area contributed by atoms with E-state index < -0.39 is 0 Å². The van der Waals surface area contributed by atoms with Gasteiger partial charge in [-0.25, -0.2) is 9.97 Å². The molecule has 2 aliphatic heterocycles. The first-order chi connectivity index (χ1) is 16.4. The van der Waals surface area contributed by atoms with Gasteiger partial charge in [-0.15, -0.1) is 0 Å². The Balaban J connectivity index is 1.40. The lowest BCUT2D eigenvalue weighted by Gasteiger charge is -2.42. The molecule has 0 amide bonds. The summed E-state index contributed by atoms with van der Waals surface area (Å²) in [5.41, 5.74) is 14.5. The lowest BCUT2D eigenvalue weighted by molar-refractivity contribution is 0.173. The lowest BCUT2D eigenvalue weighted by Crippen LogP contribution is -2.53. The van der Waals surface area contributed by atoms with E-state index in [1.807, 2.05) is 0 Å². The highest BCUT2D eigenvalue weighted by molar-refractivity contribution is 5.77. The molecule has 0 aliphatic carbocycles. The molecule has 1 saturated heterocycles. The van der Waals surface area contributed by atoms with Crippen molar-refractivity contribution in [1.82, 2.24) is 20.2 Å². The summed E-state index contributed by atoms with van der Waals surface area (Å²) in [4.78, 5) is 14.4. The van der Waals surface area contributed by atoms with Gasteiger partial charge in [0, 0.05) is 60.3 Å². The minimum Gasteiger partial charge on any atom is -0.385 e. The van der Waals surface area contributed by atoms with Crippen molar-refractivity contribution in [1.29, 1.82) is 0 Å². The van der Waals surface area contributed by atoms with Gasteiger partial charge in [-0.1, -0.05) is 44.7 Å². The Hall–Kier alpha value is -3.38. The lowest BCUT2D eigenvalue weighted by atomic mass is 9.95. The number of nitrogens with two attached hydrogens (primary N) is 1. The number of piperazine rings is 1. The smallest absolute Gasteiger partial charge is 0.150 e. The Kier molecular flexibility index (Phi) is 6.00. The van der Waals surface area contributed by atoms with Crippen LogP contribution in [0.2, 0.25) is 0 Å². The number of nitrogens with zero attached hydrogens (tertiary/aromatic N) is 4. The van der Waals surface area contributed by atoms with Gasteiger partial charge in [-0.3, -0.25) is 4.90 Å². The molecule has 1 atom stereocenters. The van der Waals surface area contributed by atoms with Gasteiger partial charge in [0.25, 0.3) is 0 Å². The summed E-state index contributed by atoms with van der Waals surface area (Å²) in [6, 6.07) is 15.6. The molecular weight excluding hydrogens is 420 g/mol. The molecule has 0 spiro atoms. The van der Waals surface area contributed by atoms with Crippen LogP contribution in [0, 0.1) is 5.92 Å². The summed E-state index contributed by atoms with van der Waals surface area (Å²) in [5.74, 6) is 1.08. The van der Waals surface area contributed by atoms with Crippen LogP contribution in [-0.4, -0.2) is 54.1 Å². The number of hydrogen-bond acceptors (Lipinski definition) is 6. The van der Waals surface area contributed by atoms with E-state index in [1.54, 1.807) is 6.20 Å². The Morgan fingerprint density at radius 2 is 1.85 bits per heavy atom. The Labute approximate surface area is 202 Å². The minimum atomic E-state index is 0.449. The highest BCUT2D eigenvalue weighted by Crippen LogP contribution is 2.31. The van der Waals surface area contributed by atoms with E-state index in [1.165, 1.54) is 11.3 Å². The monoisotopic (exact) mass is 454 g/mol. The second-order valence-corrected chi connectivity index (χ2v) is 9.80. The van der Waals surface area contributed by atoms with E-state index in [2.05, 4.69) is 90.0 Å². The topological polar surface area (TPSA) is 70.3 Å². The molecule has 5 rings (SSSR count). The third kappa shape index (κ3) is 4.26. The molecule has 3 heterocycles. The molecule has 0 radical (unpaired) electrons. The molecular formula is C28H34N6. The predicted octanol–water partition coefficient (Wildman–Crippen LogP) is 4.29. The van der Waals surface area contributed by atoms with Gasteiger partial charge >= 0.3 is 0 Å². The maximum atomic E-state index is 6.26. The summed E-state index contributed by atoms with van der Waals surface area (Å²) in [6.07, 6.45) is 2.73. The van der Waals surface area contributed by atoms with Crippen LogP contribution in [-0.2, 0) is 6.42 Å². The highest BCUT2D eigenvalue weighted by atomic mass is 15.3. The summed E-state index contributed by atoms with van der Waals surface area (Å²) in [6.45, 7) is 12.8. The SMILES string of the molecule is C=C1NCCc2cc(-c3nc(-c4ccc(N5CCN(C)C(C(C)C)C5)cc4)cnc3N)ccc21. The van der Waals surface area contributed by atoms with Crippen LogP contribution in [0.1, 0.15) is 25.0 Å². The van der Waals surface area contributed by atoms with Gasteiger partial charge in [0.2, 0.25) is 0 Å². The van der Waals surface area contributed by atoms with E-state index in [4.69, 9.17) is 10.7 Å². The third-order valence-electron chi connectivity index (χ3n) is 7.23. The maximum Gasteiger partial charge on any atom is 0.150 e. The average molecular weight is 455 g/mol. The van der Waals surface area contributed by atoms with Gasteiger partial charge in [0.1, 0.15) is 11.5 Å². The summed E-state index contributed by atoms with van der Waals surface area (Å²) in [7, 11) is 2.23. The fourth-order valence-electron chi connectivity index (χ4n) is 5.13. The van der Waals surface area contributed by atoms with Gasteiger partial charge in [-0.2, -0.15) is 0 Å². The first kappa shape index (κ1) is 22.4. The van der Waals surface area contributed by atoms with E-state index in [9.17, 15) is 0 Å². The van der Waals surface area contributed by atoms with Gasteiger partial charge in [-0.05, 0) is 43.1 Å². The van der Waals surface area contributed by atoms with Crippen molar-refractivity contribution in [2.75, 3.05) is 43.9 Å². The summed E-state index contributed by atoms with van der Waals surface area (Å²) < 4.78 is 0. The van der Waals surface area contributed by atoms with Gasteiger partial charge in [0.15, 0.2) is 0 Å². The number of hydrogen-bond donors (Lipinski definition) is 2. The largest absolute Gasteiger partial charge is 0.385 e.